The number of aryl methyl sites for hydroxylation is 3. The first-order chi connectivity index (χ1) is 7.11. The molecule has 3 N–H and O–H groups in total. The molecule has 0 unspecified atom stereocenters. The molecule has 4 heteroatoms. The molecule has 15 heavy (non-hydrogen) atoms. The van der Waals surface area contributed by atoms with Crippen LogP contribution >= 0.6 is 0 Å². The van der Waals surface area contributed by atoms with Gasteiger partial charge in [0.1, 0.15) is 0 Å². The van der Waals surface area contributed by atoms with Gasteiger partial charge in [0.2, 0.25) is 0 Å². The highest BCUT2D eigenvalue weighted by atomic mass is 15.3. The number of hydrogen-bond acceptors (Lipinski definition) is 4. The average Bonchev–Trinajstić information content (AvgIpc) is 2.20. The van der Waals surface area contributed by atoms with Gasteiger partial charge in [-0.25, -0.2) is 15.8 Å². The number of rotatable bonds is 1. The molecule has 1 aromatic carbocycles. The fourth-order valence-corrected chi connectivity index (χ4v) is 1.54. The zero-order chi connectivity index (χ0) is 11.0. The Kier molecular flexibility index (Phi) is 2.28. The summed E-state index contributed by atoms with van der Waals surface area (Å²) in [6.45, 7) is 6.02. The van der Waals surface area contributed by atoms with Gasteiger partial charge < -0.3 is 5.43 Å². The minimum Gasteiger partial charge on any atom is -0.307 e. The molecule has 4 nitrogen and oxygen atoms in total. The molecule has 0 atom stereocenters. The number of anilines is 1. The Bertz CT molecular complexity index is 519. The smallest absolute Gasteiger partial charge is 0.162 e. The summed E-state index contributed by atoms with van der Waals surface area (Å²) in [6.07, 6.45) is 0. The van der Waals surface area contributed by atoms with Crippen LogP contribution in [0.3, 0.4) is 0 Å². The molecule has 0 fully saturated rings. The second-order valence-electron chi connectivity index (χ2n) is 3.73. The fourth-order valence-electron chi connectivity index (χ4n) is 1.54. The standard InChI is InChI=1S/C11H14N4/c1-6-4-9-10(5-7(6)2)14-11(15-12)8(3)13-9/h4-5H,12H2,1-3H3,(H,14,15). The highest BCUT2D eigenvalue weighted by Crippen LogP contribution is 2.19. The normalized spacial score (nSPS) is 10.7. The van der Waals surface area contributed by atoms with Crippen LogP contribution in [0.25, 0.3) is 11.0 Å². The third-order valence-electron chi connectivity index (χ3n) is 2.59. The van der Waals surface area contributed by atoms with Crippen molar-refractivity contribution in [1.82, 2.24) is 9.97 Å². The van der Waals surface area contributed by atoms with Gasteiger partial charge in [0.25, 0.3) is 0 Å². The van der Waals surface area contributed by atoms with E-state index in [0.29, 0.717) is 5.82 Å². The highest BCUT2D eigenvalue weighted by Gasteiger charge is 2.05. The van der Waals surface area contributed by atoms with Gasteiger partial charge in [-0.1, -0.05) is 0 Å². The van der Waals surface area contributed by atoms with Crippen LogP contribution in [0.1, 0.15) is 16.8 Å². The molecular formula is C11H14N4. The van der Waals surface area contributed by atoms with Crippen LogP contribution in [0, 0.1) is 20.8 Å². The Morgan fingerprint density at radius 1 is 1.00 bits per heavy atom. The Labute approximate surface area is 88.5 Å². The summed E-state index contributed by atoms with van der Waals surface area (Å²) >= 11 is 0. The molecule has 78 valence electrons. The van der Waals surface area contributed by atoms with Gasteiger partial charge >= 0.3 is 0 Å². The number of nitrogens with two attached hydrogens (primary N) is 1. The predicted molar refractivity (Wildman–Crippen MR) is 61.6 cm³/mol. The second kappa shape index (κ2) is 3.47. The van der Waals surface area contributed by atoms with Crippen molar-refractivity contribution >= 4 is 16.9 Å². The van der Waals surface area contributed by atoms with Gasteiger partial charge in [-0.2, -0.15) is 0 Å². The van der Waals surface area contributed by atoms with E-state index in [0.717, 1.165) is 16.7 Å². The maximum atomic E-state index is 5.36. The van der Waals surface area contributed by atoms with E-state index < -0.39 is 0 Å². The minimum atomic E-state index is 0.630. The lowest BCUT2D eigenvalue weighted by Gasteiger charge is -2.07. The lowest BCUT2D eigenvalue weighted by molar-refractivity contribution is 1.14. The van der Waals surface area contributed by atoms with Gasteiger partial charge in [0, 0.05) is 0 Å². The van der Waals surface area contributed by atoms with Crippen LogP contribution in [0.15, 0.2) is 12.1 Å². The van der Waals surface area contributed by atoms with Crippen molar-refractivity contribution in [3.63, 3.8) is 0 Å². The first kappa shape index (κ1) is 9.86. The van der Waals surface area contributed by atoms with Crippen molar-refractivity contribution in [2.24, 2.45) is 5.84 Å². The first-order valence-corrected chi connectivity index (χ1v) is 4.84. The van der Waals surface area contributed by atoms with Gasteiger partial charge in [0.05, 0.1) is 16.7 Å². The van der Waals surface area contributed by atoms with Gasteiger partial charge in [0.15, 0.2) is 5.82 Å². The first-order valence-electron chi connectivity index (χ1n) is 4.84. The number of aromatic nitrogens is 2. The maximum Gasteiger partial charge on any atom is 0.162 e. The highest BCUT2D eigenvalue weighted by molar-refractivity contribution is 5.78. The number of fused-ring (bicyclic) bond motifs is 1. The summed E-state index contributed by atoms with van der Waals surface area (Å²) in [6, 6.07) is 4.07. The number of hydrazine groups is 1. The molecule has 0 bridgehead atoms. The van der Waals surface area contributed by atoms with Crippen molar-refractivity contribution in [3.05, 3.63) is 29.0 Å². The summed E-state index contributed by atoms with van der Waals surface area (Å²) < 4.78 is 0. The molecular weight excluding hydrogens is 188 g/mol. The number of nitrogen functional groups attached to an aromatic ring is 1. The van der Waals surface area contributed by atoms with Gasteiger partial charge in [-0.3, -0.25) is 0 Å². The lowest BCUT2D eigenvalue weighted by Crippen LogP contribution is -2.11. The van der Waals surface area contributed by atoms with E-state index in [-0.39, 0.29) is 0 Å². The van der Waals surface area contributed by atoms with E-state index in [1.54, 1.807) is 0 Å². The minimum absolute atomic E-state index is 0.630. The number of benzene rings is 1. The largest absolute Gasteiger partial charge is 0.307 e. The van der Waals surface area contributed by atoms with Crippen molar-refractivity contribution in [3.8, 4) is 0 Å². The fraction of sp³-hybridized carbons (Fsp3) is 0.273. The molecule has 2 rings (SSSR count). The predicted octanol–water partition coefficient (Wildman–Crippen LogP) is 1.84. The molecule has 2 aromatic rings. The lowest BCUT2D eigenvalue weighted by atomic mass is 10.1. The summed E-state index contributed by atoms with van der Waals surface area (Å²) in [7, 11) is 0. The van der Waals surface area contributed by atoms with Crippen molar-refractivity contribution in [2.45, 2.75) is 20.8 Å². The van der Waals surface area contributed by atoms with Crippen LogP contribution in [-0.2, 0) is 0 Å². The van der Waals surface area contributed by atoms with Crippen LogP contribution in [0.2, 0.25) is 0 Å². The van der Waals surface area contributed by atoms with E-state index in [4.69, 9.17) is 5.84 Å². The third-order valence-corrected chi connectivity index (χ3v) is 2.59. The van der Waals surface area contributed by atoms with Crippen molar-refractivity contribution in [1.29, 1.82) is 0 Å². The molecule has 0 saturated heterocycles. The van der Waals surface area contributed by atoms with Crippen LogP contribution in [0.4, 0.5) is 5.82 Å². The Morgan fingerprint density at radius 2 is 1.53 bits per heavy atom. The molecule has 0 saturated carbocycles. The molecule has 0 radical (unpaired) electrons. The quantitative estimate of drug-likeness (QED) is 0.547. The zero-order valence-electron chi connectivity index (χ0n) is 9.13. The number of hydrogen-bond donors (Lipinski definition) is 2. The molecule has 0 aliphatic rings. The SMILES string of the molecule is Cc1cc2nc(C)c(NN)nc2cc1C. The average molecular weight is 202 g/mol. The Balaban J connectivity index is 2.76. The summed E-state index contributed by atoms with van der Waals surface area (Å²) in [5.74, 6) is 5.99. The second-order valence-corrected chi connectivity index (χ2v) is 3.73. The summed E-state index contributed by atoms with van der Waals surface area (Å²) in [5, 5.41) is 0. The monoisotopic (exact) mass is 202 g/mol. The topological polar surface area (TPSA) is 63.8 Å². The van der Waals surface area contributed by atoms with Crippen molar-refractivity contribution in [2.75, 3.05) is 5.43 Å². The Hall–Kier alpha value is -1.68. The molecule has 0 amide bonds. The molecule has 0 spiro atoms. The molecule has 1 aromatic heterocycles. The van der Waals surface area contributed by atoms with Crippen LogP contribution < -0.4 is 11.3 Å². The van der Waals surface area contributed by atoms with Crippen molar-refractivity contribution < 1.29 is 0 Å². The molecule has 0 aliphatic carbocycles. The van der Waals surface area contributed by atoms with Gasteiger partial charge in [-0.15, -0.1) is 0 Å². The molecule has 0 aliphatic heterocycles. The maximum absolute atomic E-state index is 5.36. The van der Waals surface area contributed by atoms with E-state index in [2.05, 4.69) is 29.2 Å². The van der Waals surface area contributed by atoms with Gasteiger partial charge in [-0.05, 0) is 44.0 Å². The summed E-state index contributed by atoms with van der Waals surface area (Å²) in [5.41, 5.74) is 7.58. The van der Waals surface area contributed by atoms with E-state index in [9.17, 15) is 0 Å². The Morgan fingerprint density at radius 3 is 2.07 bits per heavy atom. The van der Waals surface area contributed by atoms with E-state index >= 15 is 0 Å². The zero-order valence-corrected chi connectivity index (χ0v) is 9.13. The van der Waals surface area contributed by atoms with E-state index in [1.807, 2.05) is 19.1 Å². The van der Waals surface area contributed by atoms with Crippen LogP contribution in [-0.4, -0.2) is 9.97 Å². The van der Waals surface area contributed by atoms with E-state index in [1.165, 1.54) is 11.1 Å². The number of nitrogens with one attached hydrogen (secondary N) is 1. The summed E-state index contributed by atoms with van der Waals surface area (Å²) in [4.78, 5) is 8.84. The number of nitrogens with zero attached hydrogens (tertiary/aromatic N) is 2. The van der Waals surface area contributed by atoms with Crippen LogP contribution in [0.5, 0.6) is 0 Å². The third kappa shape index (κ3) is 1.64. The molecule has 1 heterocycles.